The molecule has 1 saturated carbocycles. The molecule has 194 valence electrons. The summed E-state index contributed by atoms with van der Waals surface area (Å²) in [6, 6.07) is 7.49. The van der Waals surface area contributed by atoms with Gasteiger partial charge in [-0.2, -0.15) is 0 Å². The number of fused-ring (bicyclic) bond motifs is 3. The van der Waals surface area contributed by atoms with Gasteiger partial charge in [-0.3, -0.25) is 9.78 Å². The van der Waals surface area contributed by atoms with E-state index in [0.29, 0.717) is 53.3 Å². The Balaban J connectivity index is 1.37. The van der Waals surface area contributed by atoms with E-state index in [0.717, 1.165) is 23.4 Å². The third kappa shape index (κ3) is 4.52. The van der Waals surface area contributed by atoms with Crippen molar-refractivity contribution in [2.75, 3.05) is 32.2 Å². The molecule has 1 amide bonds. The summed E-state index contributed by atoms with van der Waals surface area (Å²) in [4.78, 5) is 21.0. The predicted octanol–water partition coefficient (Wildman–Crippen LogP) is 4.65. The summed E-state index contributed by atoms with van der Waals surface area (Å²) >= 11 is 6.38. The number of carbonyl (C=O) groups excluding carboxylic acids is 1. The molecule has 3 N–H and O–H groups in total. The Morgan fingerprint density at radius 2 is 2.16 bits per heavy atom. The van der Waals surface area contributed by atoms with Gasteiger partial charge in [0.1, 0.15) is 18.5 Å². The van der Waals surface area contributed by atoms with Crippen LogP contribution in [0, 0.1) is 0 Å². The number of aromatic amines is 1. The minimum atomic E-state index is -0.303. The van der Waals surface area contributed by atoms with Crippen LogP contribution in [0.2, 0.25) is 5.02 Å². The summed E-state index contributed by atoms with van der Waals surface area (Å²) in [5, 5.41) is 7.00. The van der Waals surface area contributed by atoms with E-state index in [2.05, 4.69) is 20.6 Å². The molecule has 0 radical (unpaired) electrons. The first-order valence-electron chi connectivity index (χ1n) is 12.3. The lowest BCUT2D eigenvalue weighted by Gasteiger charge is -2.34. The lowest BCUT2D eigenvalue weighted by molar-refractivity contribution is -0.181. The topological polar surface area (TPSA) is 107 Å². The van der Waals surface area contributed by atoms with E-state index in [-0.39, 0.29) is 29.6 Å². The summed E-state index contributed by atoms with van der Waals surface area (Å²) in [7, 11) is 1.56. The van der Waals surface area contributed by atoms with Crippen molar-refractivity contribution in [1.29, 1.82) is 0 Å². The van der Waals surface area contributed by atoms with E-state index < -0.39 is 0 Å². The second-order valence-corrected chi connectivity index (χ2v) is 10.6. The van der Waals surface area contributed by atoms with Gasteiger partial charge in [-0.05, 0) is 38.5 Å². The van der Waals surface area contributed by atoms with E-state index in [9.17, 15) is 4.79 Å². The van der Waals surface area contributed by atoms with Crippen LogP contribution in [-0.2, 0) is 9.47 Å². The van der Waals surface area contributed by atoms with E-state index in [4.69, 9.17) is 30.5 Å². The molecule has 2 aromatic heterocycles. The fourth-order valence-electron chi connectivity index (χ4n) is 4.93. The summed E-state index contributed by atoms with van der Waals surface area (Å²) in [5.74, 6) is 1.20. The Bertz CT molecular complexity index is 1350. The summed E-state index contributed by atoms with van der Waals surface area (Å²) in [6.07, 6.45) is 4.10. The number of rotatable bonds is 7. The van der Waals surface area contributed by atoms with Crippen LogP contribution in [0.4, 0.5) is 11.4 Å². The minimum absolute atomic E-state index is 0.119. The Hall–Kier alpha value is -3.27. The molecule has 2 fully saturated rings. The van der Waals surface area contributed by atoms with Crippen molar-refractivity contribution < 1.29 is 23.7 Å². The first kappa shape index (κ1) is 24.1. The molecule has 1 saturated heterocycles. The molecule has 3 unspecified atom stereocenters. The Kier molecular flexibility index (Phi) is 6.01. The number of hydrogen-bond donors (Lipinski definition) is 3. The molecule has 1 aliphatic carbocycles. The van der Waals surface area contributed by atoms with Crippen molar-refractivity contribution >= 4 is 28.9 Å². The molecule has 9 nitrogen and oxygen atoms in total. The monoisotopic (exact) mass is 524 g/mol. The van der Waals surface area contributed by atoms with Crippen molar-refractivity contribution in [2.45, 2.75) is 43.9 Å². The average Bonchev–Trinajstić information content (AvgIpc) is 3.55. The maximum atomic E-state index is 13.2. The predicted molar refractivity (Wildman–Crippen MR) is 139 cm³/mol. The molecule has 3 aromatic rings. The number of pyridine rings is 1. The number of benzene rings is 1. The summed E-state index contributed by atoms with van der Waals surface area (Å²) in [5.41, 5.74) is 3.99. The maximum absolute atomic E-state index is 13.2. The molecule has 1 aromatic carbocycles. The van der Waals surface area contributed by atoms with Crippen LogP contribution in [-0.4, -0.2) is 60.6 Å². The van der Waals surface area contributed by atoms with Gasteiger partial charge in [-0.1, -0.05) is 17.7 Å². The number of carbonyl (C=O) groups is 1. The van der Waals surface area contributed by atoms with Gasteiger partial charge in [0.2, 0.25) is 0 Å². The van der Waals surface area contributed by atoms with Gasteiger partial charge in [0.05, 0.1) is 59.8 Å². The second-order valence-electron chi connectivity index (χ2n) is 10.2. The molecule has 4 heterocycles. The number of nitrogens with one attached hydrogen (secondary N) is 3. The molecular formula is C27H29ClN4O5. The average molecular weight is 525 g/mol. The van der Waals surface area contributed by atoms with Gasteiger partial charge in [-0.15, -0.1) is 0 Å². The lowest BCUT2D eigenvalue weighted by atomic mass is 10.0. The SMILES string of the molecule is COc1c(Cl)cccc1Nc1c(-c2ccncc2OCC2COC(C)(C)CO2)[nH]c2c1C(=O)NC1CC21. The van der Waals surface area contributed by atoms with Crippen molar-refractivity contribution in [3.63, 3.8) is 0 Å². The number of aromatic nitrogens is 2. The standard InChI is InChI=1S/C27H29ClN4O5/c1-27(2)13-36-14(12-37-27)11-35-20-10-29-8-7-15(20)23-24(30-18-6-4-5-17(28)25(18)34-3)21-22(32-23)16-9-19(16)31-26(21)33/h4-8,10,14,16,19,30,32H,9,11-13H2,1-3H3,(H,31,33). The number of amides is 1. The number of ether oxygens (including phenoxy) is 4. The lowest BCUT2D eigenvalue weighted by Crippen LogP contribution is -2.44. The van der Waals surface area contributed by atoms with Crippen LogP contribution in [0.3, 0.4) is 0 Å². The number of para-hydroxylation sites is 1. The maximum Gasteiger partial charge on any atom is 0.255 e. The normalized spacial score (nSPS) is 23.5. The minimum Gasteiger partial charge on any atom is -0.493 e. The van der Waals surface area contributed by atoms with E-state index >= 15 is 0 Å². The Labute approximate surface area is 219 Å². The van der Waals surface area contributed by atoms with E-state index in [1.165, 1.54) is 0 Å². The number of nitrogens with zero attached hydrogens (tertiary/aromatic N) is 1. The highest BCUT2D eigenvalue weighted by Crippen LogP contribution is 2.51. The summed E-state index contributed by atoms with van der Waals surface area (Å²) in [6.45, 7) is 5.26. The number of H-pyrrole nitrogens is 1. The largest absolute Gasteiger partial charge is 0.493 e. The van der Waals surface area contributed by atoms with Crippen LogP contribution in [0.5, 0.6) is 11.5 Å². The number of halogens is 1. The van der Waals surface area contributed by atoms with Crippen LogP contribution < -0.4 is 20.1 Å². The third-order valence-electron chi connectivity index (χ3n) is 6.97. The molecule has 10 heteroatoms. The van der Waals surface area contributed by atoms with Crippen LogP contribution >= 0.6 is 11.6 Å². The molecule has 0 spiro atoms. The first-order valence-corrected chi connectivity index (χ1v) is 12.7. The smallest absolute Gasteiger partial charge is 0.255 e. The van der Waals surface area contributed by atoms with E-state index in [1.807, 2.05) is 32.0 Å². The molecule has 6 rings (SSSR count). The third-order valence-corrected chi connectivity index (χ3v) is 7.27. The zero-order chi connectivity index (χ0) is 25.7. The first-order chi connectivity index (χ1) is 17.8. The van der Waals surface area contributed by atoms with Crippen molar-refractivity contribution in [3.8, 4) is 22.8 Å². The molecular weight excluding hydrogens is 496 g/mol. The highest BCUT2D eigenvalue weighted by Gasteiger charge is 2.48. The molecule has 0 bridgehead atoms. The van der Waals surface area contributed by atoms with Crippen LogP contribution in [0.1, 0.15) is 42.2 Å². The van der Waals surface area contributed by atoms with E-state index in [1.54, 1.807) is 25.6 Å². The highest BCUT2D eigenvalue weighted by molar-refractivity contribution is 6.32. The molecule has 37 heavy (non-hydrogen) atoms. The van der Waals surface area contributed by atoms with Crippen molar-refractivity contribution in [1.82, 2.24) is 15.3 Å². The van der Waals surface area contributed by atoms with Gasteiger partial charge in [0, 0.05) is 29.4 Å². The van der Waals surface area contributed by atoms with Crippen LogP contribution in [0.25, 0.3) is 11.3 Å². The number of hydrogen-bond acceptors (Lipinski definition) is 7. The van der Waals surface area contributed by atoms with Crippen molar-refractivity contribution in [2.24, 2.45) is 0 Å². The number of anilines is 2. The Morgan fingerprint density at radius 3 is 2.95 bits per heavy atom. The highest BCUT2D eigenvalue weighted by atomic mass is 35.5. The fraction of sp³-hybridized carbons (Fsp3) is 0.407. The van der Waals surface area contributed by atoms with Crippen LogP contribution in [0.15, 0.2) is 36.7 Å². The zero-order valence-electron chi connectivity index (χ0n) is 20.9. The summed E-state index contributed by atoms with van der Waals surface area (Å²) < 4.78 is 23.6. The van der Waals surface area contributed by atoms with Gasteiger partial charge < -0.3 is 34.6 Å². The van der Waals surface area contributed by atoms with Gasteiger partial charge in [0.25, 0.3) is 5.91 Å². The Morgan fingerprint density at radius 1 is 1.30 bits per heavy atom. The quantitative estimate of drug-likeness (QED) is 0.413. The molecule has 3 aliphatic rings. The zero-order valence-corrected chi connectivity index (χ0v) is 21.6. The fourth-order valence-corrected chi connectivity index (χ4v) is 5.18. The van der Waals surface area contributed by atoms with Gasteiger partial charge >= 0.3 is 0 Å². The van der Waals surface area contributed by atoms with Crippen molar-refractivity contribution in [3.05, 3.63) is 52.9 Å². The molecule has 3 atom stereocenters. The van der Waals surface area contributed by atoms with Gasteiger partial charge in [0.15, 0.2) is 5.75 Å². The second kappa shape index (κ2) is 9.24. The molecule has 2 aliphatic heterocycles. The number of methoxy groups -OCH3 is 1. The van der Waals surface area contributed by atoms with Gasteiger partial charge in [-0.25, -0.2) is 0 Å².